The Hall–Kier alpha value is -0.300. The van der Waals surface area contributed by atoms with Crippen molar-refractivity contribution < 1.29 is 8.78 Å². The largest absolute Gasteiger partial charge is 0.320 e. The molecule has 1 unspecified atom stereocenters. The molecule has 0 aliphatic carbocycles. The standard InChI is InChI=1S/C11H7Br2F2NS/c12-9-4-6(11(13)17-9)10(16)5-1-2-7(14)8(15)3-5/h1-4,10H,16H2. The zero-order valence-corrected chi connectivity index (χ0v) is 12.4. The Morgan fingerprint density at radius 1 is 1.12 bits per heavy atom. The number of rotatable bonds is 2. The lowest BCUT2D eigenvalue weighted by Crippen LogP contribution is -2.11. The fourth-order valence-corrected chi connectivity index (χ4v) is 4.38. The Labute approximate surface area is 118 Å². The topological polar surface area (TPSA) is 26.0 Å². The third-order valence-electron chi connectivity index (χ3n) is 2.32. The Kier molecular flexibility index (Phi) is 3.97. The fourth-order valence-electron chi connectivity index (χ4n) is 1.45. The van der Waals surface area contributed by atoms with E-state index in [9.17, 15) is 8.78 Å². The first-order valence-corrected chi connectivity index (χ1v) is 7.04. The molecule has 1 atom stereocenters. The molecule has 1 nitrogen and oxygen atoms in total. The number of hydrogen-bond donors (Lipinski definition) is 1. The molecule has 0 spiro atoms. The summed E-state index contributed by atoms with van der Waals surface area (Å²) in [6, 6.07) is 5.07. The van der Waals surface area contributed by atoms with Crippen LogP contribution in [0.4, 0.5) is 8.78 Å². The van der Waals surface area contributed by atoms with Crippen molar-refractivity contribution in [2.24, 2.45) is 5.73 Å². The third-order valence-corrected chi connectivity index (χ3v) is 4.71. The van der Waals surface area contributed by atoms with Crippen LogP contribution < -0.4 is 5.73 Å². The molecule has 0 saturated heterocycles. The second kappa shape index (κ2) is 5.14. The van der Waals surface area contributed by atoms with Gasteiger partial charge in [0.2, 0.25) is 0 Å². The lowest BCUT2D eigenvalue weighted by atomic mass is 10.0. The van der Waals surface area contributed by atoms with Gasteiger partial charge in [0.25, 0.3) is 0 Å². The molecule has 2 rings (SSSR count). The summed E-state index contributed by atoms with van der Waals surface area (Å²) in [6.07, 6.45) is 0. The highest BCUT2D eigenvalue weighted by Gasteiger charge is 2.16. The minimum Gasteiger partial charge on any atom is -0.320 e. The van der Waals surface area contributed by atoms with Gasteiger partial charge in [-0.15, -0.1) is 11.3 Å². The Morgan fingerprint density at radius 3 is 2.35 bits per heavy atom. The second-order valence-corrected chi connectivity index (χ2v) is 7.18. The van der Waals surface area contributed by atoms with E-state index in [4.69, 9.17) is 5.73 Å². The van der Waals surface area contributed by atoms with Gasteiger partial charge in [-0.1, -0.05) is 6.07 Å². The Bertz CT molecular complexity index is 556. The molecule has 1 aromatic heterocycles. The first-order chi connectivity index (χ1) is 7.99. The van der Waals surface area contributed by atoms with Gasteiger partial charge < -0.3 is 5.73 Å². The molecule has 1 heterocycles. The van der Waals surface area contributed by atoms with Crippen LogP contribution in [0.15, 0.2) is 31.8 Å². The smallest absolute Gasteiger partial charge is 0.159 e. The van der Waals surface area contributed by atoms with Gasteiger partial charge in [-0.2, -0.15) is 0 Å². The SMILES string of the molecule is NC(c1ccc(F)c(F)c1)c1cc(Br)sc1Br. The van der Waals surface area contributed by atoms with E-state index >= 15 is 0 Å². The normalized spacial score (nSPS) is 12.8. The minimum absolute atomic E-state index is 0.484. The monoisotopic (exact) mass is 381 g/mol. The van der Waals surface area contributed by atoms with Crippen molar-refractivity contribution in [2.45, 2.75) is 6.04 Å². The van der Waals surface area contributed by atoms with Crippen LogP contribution in [-0.4, -0.2) is 0 Å². The van der Waals surface area contributed by atoms with Crippen molar-refractivity contribution in [3.05, 3.63) is 54.6 Å². The molecule has 0 bridgehead atoms. The van der Waals surface area contributed by atoms with Crippen LogP contribution in [0.1, 0.15) is 17.2 Å². The predicted octanol–water partition coefficient (Wildman–Crippen LogP) is 4.60. The van der Waals surface area contributed by atoms with Crippen molar-refractivity contribution in [1.29, 1.82) is 0 Å². The lowest BCUT2D eigenvalue weighted by molar-refractivity contribution is 0.506. The Balaban J connectivity index is 2.40. The van der Waals surface area contributed by atoms with Crippen LogP contribution in [0.2, 0.25) is 0 Å². The number of thiophene rings is 1. The summed E-state index contributed by atoms with van der Waals surface area (Å²) in [7, 11) is 0. The first kappa shape index (κ1) is 13.1. The minimum atomic E-state index is -0.886. The van der Waals surface area contributed by atoms with Crippen molar-refractivity contribution in [3.8, 4) is 0 Å². The fraction of sp³-hybridized carbons (Fsp3) is 0.0909. The molecule has 0 aliphatic heterocycles. The van der Waals surface area contributed by atoms with E-state index in [-0.39, 0.29) is 0 Å². The maximum atomic E-state index is 13.1. The maximum absolute atomic E-state index is 13.1. The van der Waals surface area contributed by atoms with E-state index in [1.807, 2.05) is 6.07 Å². The first-order valence-electron chi connectivity index (χ1n) is 4.64. The number of nitrogens with two attached hydrogens (primary N) is 1. The van der Waals surface area contributed by atoms with Crippen LogP contribution in [0.3, 0.4) is 0 Å². The van der Waals surface area contributed by atoms with Crippen molar-refractivity contribution in [1.82, 2.24) is 0 Å². The molecule has 17 heavy (non-hydrogen) atoms. The molecule has 6 heteroatoms. The molecule has 0 saturated carbocycles. The summed E-state index contributed by atoms with van der Waals surface area (Å²) in [5.74, 6) is -1.75. The van der Waals surface area contributed by atoms with Gasteiger partial charge in [-0.25, -0.2) is 8.78 Å². The van der Waals surface area contributed by atoms with Crippen LogP contribution >= 0.6 is 43.2 Å². The van der Waals surface area contributed by atoms with Gasteiger partial charge in [-0.3, -0.25) is 0 Å². The highest BCUT2D eigenvalue weighted by molar-refractivity contribution is 9.12. The molecule has 1 aromatic carbocycles. The molecular weight excluding hydrogens is 376 g/mol. The van der Waals surface area contributed by atoms with E-state index in [1.165, 1.54) is 17.4 Å². The maximum Gasteiger partial charge on any atom is 0.159 e. The summed E-state index contributed by atoms with van der Waals surface area (Å²) >= 11 is 8.22. The predicted molar refractivity (Wildman–Crippen MR) is 72.1 cm³/mol. The van der Waals surface area contributed by atoms with E-state index in [2.05, 4.69) is 31.9 Å². The molecule has 0 radical (unpaired) electrons. The van der Waals surface area contributed by atoms with Gasteiger partial charge in [0.15, 0.2) is 11.6 Å². The van der Waals surface area contributed by atoms with E-state index in [1.54, 1.807) is 0 Å². The van der Waals surface area contributed by atoms with Crippen molar-refractivity contribution >= 4 is 43.2 Å². The third kappa shape index (κ3) is 2.76. The molecule has 90 valence electrons. The lowest BCUT2D eigenvalue weighted by Gasteiger charge is -2.11. The molecule has 2 N–H and O–H groups in total. The van der Waals surface area contributed by atoms with Gasteiger partial charge in [-0.05, 0) is 61.2 Å². The number of halogens is 4. The van der Waals surface area contributed by atoms with E-state index < -0.39 is 17.7 Å². The van der Waals surface area contributed by atoms with E-state index in [0.29, 0.717) is 5.56 Å². The zero-order chi connectivity index (χ0) is 12.6. The summed E-state index contributed by atoms with van der Waals surface area (Å²) in [4.78, 5) is 0. The molecule has 2 aromatic rings. The van der Waals surface area contributed by atoms with Gasteiger partial charge in [0, 0.05) is 0 Å². The van der Waals surface area contributed by atoms with Crippen LogP contribution in [0.25, 0.3) is 0 Å². The van der Waals surface area contributed by atoms with E-state index in [0.717, 1.165) is 25.3 Å². The molecular formula is C11H7Br2F2NS. The number of benzene rings is 1. The Morgan fingerprint density at radius 2 is 1.82 bits per heavy atom. The summed E-state index contributed by atoms with van der Waals surface area (Å²) < 4.78 is 27.7. The summed E-state index contributed by atoms with van der Waals surface area (Å²) in [5.41, 5.74) is 7.39. The highest BCUT2D eigenvalue weighted by atomic mass is 79.9. The second-order valence-electron chi connectivity index (χ2n) is 3.43. The average molecular weight is 383 g/mol. The molecule has 0 fully saturated rings. The average Bonchev–Trinajstić information content (AvgIpc) is 2.61. The van der Waals surface area contributed by atoms with Crippen LogP contribution in [0.5, 0.6) is 0 Å². The van der Waals surface area contributed by atoms with Crippen LogP contribution in [0, 0.1) is 11.6 Å². The quantitative estimate of drug-likeness (QED) is 0.806. The van der Waals surface area contributed by atoms with Gasteiger partial charge in [0.05, 0.1) is 13.6 Å². The van der Waals surface area contributed by atoms with Crippen molar-refractivity contribution in [2.75, 3.05) is 0 Å². The van der Waals surface area contributed by atoms with Gasteiger partial charge in [0.1, 0.15) is 0 Å². The summed E-state index contributed by atoms with van der Waals surface area (Å²) in [6.45, 7) is 0. The molecule has 0 aliphatic rings. The molecule has 0 amide bonds. The highest BCUT2D eigenvalue weighted by Crippen LogP contribution is 2.36. The zero-order valence-electron chi connectivity index (χ0n) is 8.38. The van der Waals surface area contributed by atoms with Gasteiger partial charge >= 0.3 is 0 Å². The summed E-state index contributed by atoms with van der Waals surface area (Å²) in [5, 5.41) is 0. The van der Waals surface area contributed by atoms with Crippen molar-refractivity contribution in [3.63, 3.8) is 0 Å². The van der Waals surface area contributed by atoms with Crippen LogP contribution in [-0.2, 0) is 0 Å². The number of hydrogen-bond acceptors (Lipinski definition) is 2.